The first-order valence-electron chi connectivity index (χ1n) is 2.63. The SMILES string of the molecule is Cl.NCCN.NCCN.[Cu]. The Morgan fingerprint density at radius 2 is 0.700 bits per heavy atom. The van der Waals surface area contributed by atoms with E-state index in [1.165, 1.54) is 0 Å². The van der Waals surface area contributed by atoms with Crippen molar-refractivity contribution < 1.29 is 17.1 Å². The Morgan fingerprint density at radius 3 is 0.700 bits per heavy atom. The second-order valence-electron chi connectivity index (χ2n) is 1.15. The van der Waals surface area contributed by atoms with Gasteiger partial charge < -0.3 is 22.9 Å². The van der Waals surface area contributed by atoms with Crippen LogP contribution in [0.15, 0.2) is 0 Å². The van der Waals surface area contributed by atoms with E-state index in [4.69, 9.17) is 22.9 Å². The number of nitrogens with two attached hydrogens (primary N) is 4. The molecule has 1 radical (unpaired) electrons. The minimum absolute atomic E-state index is 0. The second-order valence-corrected chi connectivity index (χ2v) is 1.15. The van der Waals surface area contributed by atoms with Crippen LogP contribution in [0.25, 0.3) is 0 Å². The average Bonchev–Trinajstić information content (AvgIpc) is 1.88. The van der Waals surface area contributed by atoms with Gasteiger partial charge in [0.25, 0.3) is 0 Å². The molecule has 4 nitrogen and oxygen atoms in total. The molecule has 10 heavy (non-hydrogen) atoms. The van der Waals surface area contributed by atoms with Crippen molar-refractivity contribution >= 4 is 12.4 Å². The predicted molar refractivity (Wildman–Crippen MR) is 43.5 cm³/mol. The zero-order chi connectivity index (χ0) is 6.83. The second kappa shape index (κ2) is 33.4. The van der Waals surface area contributed by atoms with Gasteiger partial charge in [0, 0.05) is 43.2 Å². The van der Waals surface area contributed by atoms with Gasteiger partial charge in [-0.15, -0.1) is 12.4 Å². The third-order valence-electron chi connectivity index (χ3n) is 0.333. The van der Waals surface area contributed by atoms with E-state index in [0.29, 0.717) is 26.2 Å². The van der Waals surface area contributed by atoms with E-state index in [1.807, 2.05) is 0 Å². The molecule has 0 amide bonds. The molecule has 0 aromatic carbocycles. The molecule has 0 saturated heterocycles. The quantitative estimate of drug-likeness (QED) is 0.413. The van der Waals surface area contributed by atoms with E-state index in [-0.39, 0.29) is 29.5 Å². The number of hydrogen-bond acceptors (Lipinski definition) is 4. The van der Waals surface area contributed by atoms with E-state index < -0.39 is 0 Å². The number of halogens is 1. The van der Waals surface area contributed by atoms with Gasteiger partial charge in [0.1, 0.15) is 0 Å². The van der Waals surface area contributed by atoms with Crippen LogP contribution in [0.5, 0.6) is 0 Å². The molecule has 0 aromatic rings. The molecule has 0 aromatic heterocycles. The molecule has 8 N–H and O–H groups in total. The molecule has 0 spiro atoms. The third-order valence-corrected chi connectivity index (χ3v) is 0.333. The zero-order valence-electron chi connectivity index (χ0n) is 5.85. The predicted octanol–water partition coefficient (Wildman–Crippen LogP) is -1.77. The van der Waals surface area contributed by atoms with E-state index in [0.717, 1.165) is 0 Å². The van der Waals surface area contributed by atoms with Crippen LogP contribution in [0.4, 0.5) is 0 Å². The summed E-state index contributed by atoms with van der Waals surface area (Å²) >= 11 is 0. The van der Waals surface area contributed by atoms with E-state index in [9.17, 15) is 0 Å². The maximum absolute atomic E-state index is 4.90. The number of rotatable bonds is 2. The molecule has 0 bridgehead atoms. The van der Waals surface area contributed by atoms with Crippen molar-refractivity contribution in [1.29, 1.82) is 0 Å². The van der Waals surface area contributed by atoms with Crippen molar-refractivity contribution in [1.82, 2.24) is 0 Å². The number of hydrogen-bond donors (Lipinski definition) is 4. The first kappa shape index (κ1) is 22.4. The summed E-state index contributed by atoms with van der Waals surface area (Å²) in [6.07, 6.45) is 0. The molecule has 0 aliphatic carbocycles. The van der Waals surface area contributed by atoms with Crippen LogP contribution < -0.4 is 22.9 Å². The summed E-state index contributed by atoms with van der Waals surface area (Å²) < 4.78 is 0. The van der Waals surface area contributed by atoms with Crippen LogP contribution in [-0.4, -0.2) is 26.2 Å². The Kier molecular flexibility index (Phi) is 74.9. The maximum atomic E-state index is 4.90. The summed E-state index contributed by atoms with van der Waals surface area (Å²) in [6.45, 7) is 2.39. The van der Waals surface area contributed by atoms with Crippen LogP contribution in [0.2, 0.25) is 0 Å². The van der Waals surface area contributed by atoms with Crippen molar-refractivity contribution in [3.05, 3.63) is 0 Å². The first-order valence-corrected chi connectivity index (χ1v) is 2.63. The largest absolute Gasteiger partial charge is 0.329 e. The summed E-state index contributed by atoms with van der Waals surface area (Å²) in [7, 11) is 0. The normalized spacial score (nSPS) is 6.00. The van der Waals surface area contributed by atoms with Crippen molar-refractivity contribution in [3.63, 3.8) is 0 Å². The zero-order valence-corrected chi connectivity index (χ0v) is 7.61. The Labute approximate surface area is 78.9 Å². The van der Waals surface area contributed by atoms with Crippen molar-refractivity contribution in [2.45, 2.75) is 0 Å². The van der Waals surface area contributed by atoms with Crippen LogP contribution in [-0.2, 0) is 17.1 Å². The monoisotopic (exact) mass is 219 g/mol. The molecule has 6 heteroatoms. The minimum Gasteiger partial charge on any atom is -0.329 e. The van der Waals surface area contributed by atoms with Crippen molar-refractivity contribution in [3.8, 4) is 0 Å². The van der Waals surface area contributed by atoms with Gasteiger partial charge in [-0.25, -0.2) is 0 Å². The summed E-state index contributed by atoms with van der Waals surface area (Å²) in [5, 5.41) is 0. The van der Waals surface area contributed by atoms with Crippen LogP contribution in [0.1, 0.15) is 0 Å². The molecular weight excluding hydrogens is 203 g/mol. The first-order chi connectivity index (χ1) is 3.83. The third kappa shape index (κ3) is 72.1. The molecule has 0 unspecified atom stereocenters. The molecule has 0 aliphatic rings. The molecule has 0 rings (SSSR count). The smallest absolute Gasteiger partial charge is 0.00461 e. The summed E-state index contributed by atoms with van der Waals surface area (Å²) in [6, 6.07) is 0. The van der Waals surface area contributed by atoms with Gasteiger partial charge in [0.2, 0.25) is 0 Å². The summed E-state index contributed by atoms with van der Waals surface area (Å²) in [4.78, 5) is 0. The van der Waals surface area contributed by atoms with Crippen LogP contribution >= 0.6 is 12.4 Å². The van der Waals surface area contributed by atoms with E-state index in [1.54, 1.807) is 0 Å². The van der Waals surface area contributed by atoms with Gasteiger partial charge in [0.15, 0.2) is 0 Å². The Morgan fingerprint density at radius 1 is 0.600 bits per heavy atom. The average molecular weight is 220 g/mol. The van der Waals surface area contributed by atoms with E-state index in [2.05, 4.69) is 0 Å². The Bertz CT molecular complexity index is 25.2. The fourth-order valence-corrected chi connectivity index (χ4v) is 0. The topological polar surface area (TPSA) is 104 Å². The standard InChI is InChI=1S/2C2H8N2.ClH.Cu/c2*3-1-2-4;;/h2*1-4H2;1H;. The molecule has 0 fully saturated rings. The summed E-state index contributed by atoms with van der Waals surface area (Å²) in [5.74, 6) is 0. The van der Waals surface area contributed by atoms with E-state index >= 15 is 0 Å². The Hall–Kier alpha value is 0.649. The van der Waals surface area contributed by atoms with Gasteiger partial charge in [-0.05, 0) is 0 Å². The molecule has 0 saturated carbocycles. The fourth-order valence-electron chi connectivity index (χ4n) is 0. The minimum atomic E-state index is 0. The molecule has 0 atom stereocenters. The summed E-state index contributed by atoms with van der Waals surface area (Å²) in [5.41, 5.74) is 19.6. The van der Waals surface area contributed by atoms with Gasteiger partial charge >= 0.3 is 0 Å². The van der Waals surface area contributed by atoms with Crippen LogP contribution in [0, 0.1) is 0 Å². The fraction of sp³-hybridized carbons (Fsp3) is 1.00. The maximum Gasteiger partial charge on any atom is 0.00461 e. The van der Waals surface area contributed by atoms with Gasteiger partial charge in [0.05, 0.1) is 0 Å². The van der Waals surface area contributed by atoms with Crippen LogP contribution in [0.3, 0.4) is 0 Å². The Balaban J connectivity index is -0.0000000300. The van der Waals surface area contributed by atoms with Gasteiger partial charge in [-0.1, -0.05) is 0 Å². The molecular formula is C4H17ClCuN4. The molecule has 0 heterocycles. The van der Waals surface area contributed by atoms with Gasteiger partial charge in [-0.2, -0.15) is 0 Å². The van der Waals surface area contributed by atoms with Gasteiger partial charge in [-0.3, -0.25) is 0 Å². The van der Waals surface area contributed by atoms with Crippen molar-refractivity contribution in [2.75, 3.05) is 26.2 Å². The van der Waals surface area contributed by atoms with Crippen molar-refractivity contribution in [2.24, 2.45) is 22.9 Å². The molecule has 71 valence electrons. The molecule has 0 aliphatic heterocycles.